The first-order chi connectivity index (χ1) is 14.6. The van der Waals surface area contributed by atoms with E-state index in [-0.39, 0.29) is 17.3 Å². The lowest BCUT2D eigenvalue weighted by Crippen LogP contribution is -2.45. The highest BCUT2D eigenvalue weighted by molar-refractivity contribution is 7.10. The lowest BCUT2D eigenvalue weighted by atomic mass is 9.91. The molecule has 7 heteroatoms. The van der Waals surface area contributed by atoms with Gasteiger partial charge in [-0.2, -0.15) is 0 Å². The lowest BCUT2D eigenvalue weighted by molar-refractivity contribution is -0.385. The Morgan fingerprint density at radius 2 is 1.90 bits per heavy atom. The number of nitro benzene ring substituents is 1. The van der Waals surface area contributed by atoms with Crippen LogP contribution in [0.1, 0.15) is 39.3 Å². The predicted octanol–water partition coefficient (Wildman–Crippen LogP) is 4.42. The summed E-state index contributed by atoms with van der Waals surface area (Å²) in [6.45, 7) is 3.28. The third-order valence-corrected chi connectivity index (χ3v) is 6.57. The van der Waals surface area contributed by atoms with Gasteiger partial charge in [-0.15, -0.1) is 11.3 Å². The van der Waals surface area contributed by atoms with Gasteiger partial charge in [-0.05, 0) is 42.0 Å². The minimum Gasteiger partial charge on any atom is -0.351 e. The number of para-hydroxylation sites is 1. The molecule has 2 heterocycles. The van der Waals surface area contributed by atoms with Gasteiger partial charge in [0.1, 0.15) is 5.56 Å². The van der Waals surface area contributed by atoms with Crippen molar-refractivity contribution in [2.24, 2.45) is 0 Å². The Morgan fingerprint density at radius 1 is 1.17 bits per heavy atom. The molecule has 30 heavy (non-hydrogen) atoms. The molecule has 6 nitrogen and oxygen atoms in total. The summed E-state index contributed by atoms with van der Waals surface area (Å²) in [6, 6.07) is 19.1. The highest BCUT2D eigenvalue weighted by Crippen LogP contribution is 2.40. The van der Waals surface area contributed by atoms with Gasteiger partial charge in [0.05, 0.1) is 11.0 Å². The lowest BCUT2D eigenvalue weighted by Gasteiger charge is -2.41. The molecule has 1 aliphatic heterocycles. The van der Waals surface area contributed by atoms with Crippen LogP contribution in [-0.4, -0.2) is 34.9 Å². The second-order valence-corrected chi connectivity index (χ2v) is 8.39. The van der Waals surface area contributed by atoms with Crippen LogP contribution in [0.5, 0.6) is 0 Å². The van der Waals surface area contributed by atoms with Crippen LogP contribution < -0.4 is 5.32 Å². The molecule has 0 bridgehead atoms. The Bertz CT molecular complexity index is 1050. The summed E-state index contributed by atoms with van der Waals surface area (Å²) in [4.78, 5) is 27.0. The number of nitrogens with zero attached hydrogens (tertiary/aromatic N) is 2. The predicted molar refractivity (Wildman–Crippen MR) is 118 cm³/mol. The molecule has 0 saturated carbocycles. The molecule has 3 aromatic rings. The Morgan fingerprint density at radius 3 is 2.67 bits per heavy atom. The first kappa shape index (κ1) is 20.3. The Kier molecular flexibility index (Phi) is 5.92. The van der Waals surface area contributed by atoms with Gasteiger partial charge in [-0.1, -0.05) is 42.5 Å². The van der Waals surface area contributed by atoms with Crippen molar-refractivity contribution >= 4 is 22.9 Å². The Labute approximate surface area is 179 Å². The van der Waals surface area contributed by atoms with Crippen molar-refractivity contribution in [3.63, 3.8) is 0 Å². The zero-order valence-corrected chi connectivity index (χ0v) is 17.5. The quantitative estimate of drug-likeness (QED) is 0.472. The molecule has 2 aromatic carbocycles. The zero-order chi connectivity index (χ0) is 21.1. The zero-order valence-electron chi connectivity index (χ0n) is 16.7. The molecule has 2 atom stereocenters. The monoisotopic (exact) mass is 421 g/mol. The largest absolute Gasteiger partial charge is 0.351 e. The molecule has 4 rings (SSSR count). The number of benzene rings is 2. The van der Waals surface area contributed by atoms with E-state index in [9.17, 15) is 14.9 Å². The number of hydrogen-bond donors (Lipinski definition) is 1. The molecular formula is C23H23N3O3S. The summed E-state index contributed by atoms with van der Waals surface area (Å²) in [7, 11) is 0. The summed E-state index contributed by atoms with van der Waals surface area (Å²) in [6.07, 6.45) is 0.972. The summed E-state index contributed by atoms with van der Waals surface area (Å²) >= 11 is 1.77. The number of carbonyl (C=O) groups is 1. The van der Waals surface area contributed by atoms with Crippen molar-refractivity contribution in [1.82, 2.24) is 10.2 Å². The molecule has 0 aliphatic carbocycles. The van der Waals surface area contributed by atoms with Crippen LogP contribution in [0.15, 0.2) is 66.0 Å². The molecule has 154 valence electrons. The van der Waals surface area contributed by atoms with E-state index in [2.05, 4.69) is 52.9 Å². The topological polar surface area (TPSA) is 75.5 Å². The fraction of sp³-hybridized carbons (Fsp3) is 0.261. The van der Waals surface area contributed by atoms with E-state index in [0.29, 0.717) is 19.1 Å². The molecule has 0 unspecified atom stereocenters. The van der Waals surface area contributed by atoms with Crippen LogP contribution in [0.4, 0.5) is 5.69 Å². The molecule has 1 aromatic heterocycles. The number of nitrogens with one attached hydrogen (secondary N) is 1. The molecule has 0 radical (unpaired) electrons. The van der Waals surface area contributed by atoms with Gasteiger partial charge in [-0.25, -0.2) is 0 Å². The van der Waals surface area contributed by atoms with E-state index in [0.717, 1.165) is 6.42 Å². The molecule has 1 amide bonds. The summed E-state index contributed by atoms with van der Waals surface area (Å²) in [5.41, 5.74) is 2.54. The number of nitro groups is 1. The molecule has 0 fully saturated rings. The number of thiophene rings is 1. The highest BCUT2D eigenvalue weighted by atomic mass is 32.1. The summed E-state index contributed by atoms with van der Waals surface area (Å²) in [5, 5.41) is 16.2. The average Bonchev–Trinajstić information content (AvgIpc) is 3.22. The standard InChI is InChI=1S/C23H23N3O3S/c1-16-15-18-11-14-30-22(18)21(17-7-3-2-4-8-17)25(16)13-12-24-23(27)19-9-5-6-10-20(19)26(28)29/h2-11,14,16,21H,12-13,15H2,1H3,(H,24,27)/t16-,21+/m1/s1. The van der Waals surface area contributed by atoms with Crippen LogP contribution in [0.25, 0.3) is 0 Å². The fourth-order valence-corrected chi connectivity index (χ4v) is 5.22. The number of carbonyl (C=O) groups excluding carboxylic acids is 1. The van der Waals surface area contributed by atoms with Gasteiger partial charge in [0.15, 0.2) is 0 Å². The first-order valence-electron chi connectivity index (χ1n) is 9.95. The smallest absolute Gasteiger partial charge is 0.282 e. The Balaban J connectivity index is 1.51. The van der Waals surface area contributed by atoms with Crippen LogP contribution in [-0.2, 0) is 6.42 Å². The van der Waals surface area contributed by atoms with E-state index in [1.54, 1.807) is 23.5 Å². The van der Waals surface area contributed by atoms with Gasteiger partial charge in [0.2, 0.25) is 0 Å². The number of amides is 1. The fourth-order valence-electron chi connectivity index (χ4n) is 4.14. The van der Waals surface area contributed by atoms with E-state index in [1.165, 1.54) is 28.1 Å². The second kappa shape index (κ2) is 8.77. The van der Waals surface area contributed by atoms with Crippen LogP contribution in [0.3, 0.4) is 0 Å². The van der Waals surface area contributed by atoms with Gasteiger partial charge in [0, 0.05) is 30.1 Å². The second-order valence-electron chi connectivity index (χ2n) is 7.44. The average molecular weight is 422 g/mol. The van der Waals surface area contributed by atoms with E-state index >= 15 is 0 Å². The summed E-state index contributed by atoms with van der Waals surface area (Å²) in [5.74, 6) is -0.417. The minimum absolute atomic E-state index is 0.0920. The van der Waals surface area contributed by atoms with Crippen molar-refractivity contribution in [1.29, 1.82) is 0 Å². The van der Waals surface area contributed by atoms with Gasteiger partial charge < -0.3 is 5.32 Å². The molecule has 1 aliphatic rings. The van der Waals surface area contributed by atoms with Gasteiger partial charge in [0.25, 0.3) is 11.6 Å². The normalized spacial score (nSPS) is 18.6. The maximum atomic E-state index is 12.6. The van der Waals surface area contributed by atoms with E-state index < -0.39 is 10.8 Å². The van der Waals surface area contributed by atoms with E-state index in [4.69, 9.17) is 0 Å². The SMILES string of the molecule is C[C@@H]1Cc2ccsc2[C@H](c2ccccc2)N1CCNC(=O)c1ccccc1[N+](=O)[O-]. The molecule has 0 spiro atoms. The molecule has 1 N–H and O–H groups in total. The van der Waals surface area contributed by atoms with Crippen molar-refractivity contribution in [2.45, 2.75) is 25.4 Å². The van der Waals surface area contributed by atoms with E-state index in [1.807, 2.05) is 6.07 Å². The van der Waals surface area contributed by atoms with Crippen LogP contribution >= 0.6 is 11.3 Å². The third kappa shape index (κ3) is 3.99. The maximum Gasteiger partial charge on any atom is 0.282 e. The van der Waals surface area contributed by atoms with Crippen molar-refractivity contribution in [2.75, 3.05) is 13.1 Å². The van der Waals surface area contributed by atoms with Crippen LogP contribution in [0.2, 0.25) is 0 Å². The van der Waals surface area contributed by atoms with Crippen molar-refractivity contribution < 1.29 is 9.72 Å². The number of hydrogen-bond acceptors (Lipinski definition) is 5. The minimum atomic E-state index is -0.522. The first-order valence-corrected chi connectivity index (χ1v) is 10.8. The van der Waals surface area contributed by atoms with Crippen LogP contribution in [0, 0.1) is 10.1 Å². The van der Waals surface area contributed by atoms with Crippen molar-refractivity contribution in [3.05, 3.63) is 97.7 Å². The molecular weight excluding hydrogens is 398 g/mol. The van der Waals surface area contributed by atoms with Gasteiger partial charge in [-0.3, -0.25) is 19.8 Å². The van der Waals surface area contributed by atoms with Gasteiger partial charge >= 0.3 is 0 Å². The molecule has 0 saturated heterocycles. The highest BCUT2D eigenvalue weighted by Gasteiger charge is 2.34. The summed E-state index contributed by atoms with van der Waals surface area (Å²) < 4.78 is 0. The Hall–Kier alpha value is -3.03. The third-order valence-electron chi connectivity index (χ3n) is 5.56. The number of fused-ring (bicyclic) bond motifs is 1. The number of rotatable bonds is 6. The van der Waals surface area contributed by atoms with Crippen molar-refractivity contribution in [3.8, 4) is 0 Å². The maximum absolute atomic E-state index is 12.6.